The van der Waals surface area contributed by atoms with Crippen LogP contribution in [-0.4, -0.2) is 41.9 Å². The first-order chi connectivity index (χ1) is 10.2. The molecule has 3 atom stereocenters. The molecule has 114 valence electrons. The van der Waals surface area contributed by atoms with E-state index >= 15 is 0 Å². The third-order valence-corrected chi connectivity index (χ3v) is 4.87. The van der Waals surface area contributed by atoms with Gasteiger partial charge in [0.15, 0.2) is 0 Å². The molecule has 1 aromatic rings. The monoisotopic (exact) mass is 309 g/mol. The third-order valence-electron chi connectivity index (χ3n) is 4.34. The number of benzene rings is 1. The van der Waals surface area contributed by atoms with Gasteiger partial charge >= 0.3 is 0 Å². The predicted octanol–water partition coefficient (Wildman–Crippen LogP) is 1.55. The molecular weight excluding hydrogens is 289 g/mol. The molecule has 1 aromatic carbocycles. The summed E-state index contributed by atoms with van der Waals surface area (Å²) in [6.07, 6.45) is 2.88. The molecule has 2 saturated heterocycles. The lowest BCUT2D eigenvalue weighted by Crippen LogP contribution is -2.48. The number of halogens is 1. The van der Waals surface area contributed by atoms with Crippen LogP contribution in [0.5, 0.6) is 0 Å². The molecule has 2 aliphatic heterocycles. The van der Waals surface area contributed by atoms with Gasteiger partial charge in [-0.25, -0.2) is 9.82 Å². The molecule has 0 spiro atoms. The van der Waals surface area contributed by atoms with Crippen LogP contribution in [0.2, 0.25) is 0 Å². The number of carbonyl (C=O) groups is 1. The smallest absolute Gasteiger partial charge is 0.232 e. The van der Waals surface area contributed by atoms with Gasteiger partial charge in [0.25, 0.3) is 0 Å². The highest BCUT2D eigenvalue weighted by Gasteiger charge is 2.41. The van der Waals surface area contributed by atoms with Gasteiger partial charge in [0.2, 0.25) is 5.91 Å². The maximum absolute atomic E-state index is 13.4. The molecule has 2 aliphatic rings. The Kier molecular flexibility index (Phi) is 4.47. The highest BCUT2D eigenvalue weighted by molar-refractivity contribution is 7.99. The van der Waals surface area contributed by atoms with Gasteiger partial charge in [-0.05, 0) is 30.4 Å². The standard InChI is InChI=1S/C15H20FN3OS/c1-21-9-14(20)19-6-5-13-12(8-19)15(18-17-13)10-3-2-4-11(16)7-10/h2-4,7,12-13,15,17-18H,5-6,8-9H2,1H3. The minimum absolute atomic E-state index is 0.0515. The fraction of sp³-hybridized carbons (Fsp3) is 0.533. The molecule has 1 amide bonds. The van der Waals surface area contributed by atoms with E-state index in [1.54, 1.807) is 23.9 Å². The van der Waals surface area contributed by atoms with E-state index in [0.29, 0.717) is 11.8 Å². The summed E-state index contributed by atoms with van der Waals surface area (Å²) in [5, 5.41) is 0. The highest BCUT2D eigenvalue weighted by Crippen LogP contribution is 2.33. The first-order valence-electron chi connectivity index (χ1n) is 7.22. The van der Waals surface area contributed by atoms with Crippen LogP contribution in [0.4, 0.5) is 4.39 Å². The normalized spacial score (nSPS) is 28.5. The second kappa shape index (κ2) is 6.34. The Morgan fingerprint density at radius 1 is 1.48 bits per heavy atom. The second-order valence-electron chi connectivity index (χ2n) is 5.65. The molecule has 6 heteroatoms. The van der Waals surface area contributed by atoms with E-state index in [9.17, 15) is 9.18 Å². The number of nitrogens with one attached hydrogen (secondary N) is 2. The number of rotatable bonds is 3. The van der Waals surface area contributed by atoms with E-state index in [0.717, 1.165) is 25.1 Å². The summed E-state index contributed by atoms with van der Waals surface area (Å²) in [6.45, 7) is 1.52. The SMILES string of the molecule is CSCC(=O)N1CCC2NNC(c3cccc(F)c3)C2C1. The third kappa shape index (κ3) is 3.07. The van der Waals surface area contributed by atoms with Crippen molar-refractivity contribution in [1.82, 2.24) is 15.8 Å². The van der Waals surface area contributed by atoms with Crippen LogP contribution in [0.15, 0.2) is 24.3 Å². The quantitative estimate of drug-likeness (QED) is 0.889. The maximum Gasteiger partial charge on any atom is 0.232 e. The molecule has 2 heterocycles. The van der Waals surface area contributed by atoms with Crippen LogP contribution in [0.1, 0.15) is 18.0 Å². The van der Waals surface area contributed by atoms with Crippen LogP contribution < -0.4 is 10.9 Å². The zero-order valence-corrected chi connectivity index (χ0v) is 12.8. The molecule has 4 nitrogen and oxygen atoms in total. The van der Waals surface area contributed by atoms with Gasteiger partial charge < -0.3 is 4.90 Å². The van der Waals surface area contributed by atoms with Crippen LogP contribution in [0.25, 0.3) is 0 Å². The van der Waals surface area contributed by atoms with Gasteiger partial charge in [-0.3, -0.25) is 10.2 Å². The summed E-state index contributed by atoms with van der Waals surface area (Å²) in [5.41, 5.74) is 7.52. The molecule has 0 radical (unpaired) electrons. The number of likely N-dealkylation sites (tertiary alicyclic amines) is 1. The van der Waals surface area contributed by atoms with Gasteiger partial charge in [0.05, 0.1) is 11.8 Å². The average molecular weight is 309 g/mol. The van der Waals surface area contributed by atoms with Crippen molar-refractivity contribution in [1.29, 1.82) is 0 Å². The number of hydrogen-bond donors (Lipinski definition) is 2. The van der Waals surface area contributed by atoms with Crippen molar-refractivity contribution in [3.63, 3.8) is 0 Å². The van der Waals surface area contributed by atoms with Crippen molar-refractivity contribution >= 4 is 17.7 Å². The molecule has 21 heavy (non-hydrogen) atoms. The molecule has 2 fully saturated rings. The predicted molar refractivity (Wildman–Crippen MR) is 82.3 cm³/mol. The molecule has 2 N–H and O–H groups in total. The number of nitrogens with zero attached hydrogens (tertiary/aromatic N) is 1. The van der Waals surface area contributed by atoms with Crippen molar-refractivity contribution in [2.75, 3.05) is 25.1 Å². The fourth-order valence-electron chi connectivity index (χ4n) is 3.27. The Balaban J connectivity index is 1.75. The Hall–Kier alpha value is -1.11. The van der Waals surface area contributed by atoms with Gasteiger partial charge in [-0.2, -0.15) is 11.8 Å². The molecule has 0 aromatic heterocycles. The van der Waals surface area contributed by atoms with Gasteiger partial charge in [0, 0.05) is 25.0 Å². The molecule has 0 bridgehead atoms. The van der Waals surface area contributed by atoms with Crippen molar-refractivity contribution in [3.05, 3.63) is 35.6 Å². The Labute approximate surface area is 128 Å². The van der Waals surface area contributed by atoms with Crippen molar-refractivity contribution in [2.24, 2.45) is 5.92 Å². The van der Waals surface area contributed by atoms with E-state index < -0.39 is 0 Å². The molecule has 0 saturated carbocycles. The zero-order chi connectivity index (χ0) is 14.8. The Morgan fingerprint density at radius 3 is 3.10 bits per heavy atom. The summed E-state index contributed by atoms with van der Waals surface area (Å²) < 4.78 is 13.4. The molecular formula is C15H20FN3OS. The maximum atomic E-state index is 13.4. The van der Waals surface area contributed by atoms with Crippen molar-refractivity contribution < 1.29 is 9.18 Å². The van der Waals surface area contributed by atoms with Gasteiger partial charge in [0.1, 0.15) is 5.82 Å². The minimum Gasteiger partial charge on any atom is -0.342 e. The van der Waals surface area contributed by atoms with Crippen LogP contribution in [0.3, 0.4) is 0 Å². The van der Waals surface area contributed by atoms with E-state index in [-0.39, 0.29) is 23.7 Å². The van der Waals surface area contributed by atoms with Crippen LogP contribution in [-0.2, 0) is 4.79 Å². The first kappa shape index (κ1) is 14.8. The van der Waals surface area contributed by atoms with Gasteiger partial charge in [-0.1, -0.05) is 12.1 Å². The molecule has 3 rings (SSSR count). The number of hydrazine groups is 1. The summed E-state index contributed by atoms with van der Waals surface area (Å²) in [5.74, 6) is 0.796. The van der Waals surface area contributed by atoms with E-state index in [2.05, 4.69) is 10.9 Å². The topological polar surface area (TPSA) is 44.4 Å². The van der Waals surface area contributed by atoms with E-state index in [4.69, 9.17) is 0 Å². The Morgan fingerprint density at radius 2 is 2.33 bits per heavy atom. The fourth-order valence-corrected chi connectivity index (χ4v) is 3.70. The number of piperidine rings is 1. The minimum atomic E-state index is -0.219. The van der Waals surface area contributed by atoms with E-state index in [1.807, 2.05) is 17.2 Å². The summed E-state index contributed by atoms with van der Waals surface area (Å²) in [4.78, 5) is 14.0. The number of hydrogen-bond acceptors (Lipinski definition) is 4. The molecule has 3 unspecified atom stereocenters. The lowest BCUT2D eigenvalue weighted by Gasteiger charge is -2.36. The van der Waals surface area contributed by atoms with Crippen LogP contribution >= 0.6 is 11.8 Å². The summed E-state index contributed by atoms with van der Waals surface area (Å²) in [6, 6.07) is 7.10. The number of thioether (sulfide) groups is 1. The lowest BCUT2D eigenvalue weighted by molar-refractivity contribution is -0.130. The largest absolute Gasteiger partial charge is 0.342 e. The summed E-state index contributed by atoms with van der Waals surface area (Å²) >= 11 is 1.56. The average Bonchev–Trinajstić information content (AvgIpc) is 2.90. The number of carbonyl (C=O) groups excluding carboxylic acids is 1. The Bertz CT molecular complexity index is 527. The van der Waals surface area contributed by atoms with Crippen LogP contribution in [0, 0.1) is 11.7 Å². The van der Waals surface area contributed by atoms with Crippen molar-refractivity contribution in [2.45, 2.75) is 18.5 Å². The first-order valence-corrected chi connectivity index (χ1v) is 8.61. The second-order valence-corrected chi connectivity index (χ2v) is 6.52. The van der Waals surface area contributed by atoms with E-state index in [1.165, 1.54) is 6.07 Å². The summed E-state index contributed by atoms with van der Waals surface area (Å²) in [7, 11) is 0. The number of amides is 1. The van der Waals surface area contributed by atoms with Gasteiger partial charge in [-0.15, -0.1) is 0 Å². The molecule has 0 aliphatic carbocycles. The lowest BCUT2D eigenvalue weighted by atomic mass is 9.85. The number of fused-ring (bicyclic) bond motifs is 1. The highest BCUT2D eigenvalue weighted by atomic mass is 32.2. The van der Waals surface area contributed by atoms with Crippen molar-refractivity contribution in [3.8, 4) is 0 Å². The zero-order valence-electron chi connectivity index (χ0n) is 12.0.